The van der Waals surface area contributed by atoms with E-state index in [4.69, 9.17) is 15.6 Å². The van der Waals surface area contributed by atoms with Gasteiger partial charge in [-0.3, -0.25) is 0 Å². The van der Waals surface area contributed by atoms with Gasteiger partial charge < -0.3 is 20.1 Å². The second-order valence-corrected chi connectivity index (χ2v) is 7.37. The van der Waals surface area contributed by atoms with E-state index in [0.717, 1.165) is 27.9 Å². The van der Waals surface area contributed by atoms with Gasteiger partial charge in [0.1, 0.15) is 5.75 Å². The van der Waals surface area contributed by atoms with Gasteiger partial charge in [0.15, 0.2) is 5.95 Å². The van der Waals surface area contributed by atoms with Crippen LogP contribution in [0, 0.1) is 0 Å². The lowest BCUT2D eigenvalue weighted by Crippen LogP contribution is -2.06. The summed E-state index contributed by atoms with van der Waals surface area (Å²) in [5, 5.41) is 9.09. The molecular weight excluding hydrogens is 406 g/mol. The second kappa shape index (κ2) is 9.06. The van der Waals surface area contributed by atoms with Crippen LogP contribution in [0.5, 0.6) is 5.75 Å². The topological polar surface area (TPSA) is 73.3 Å². The van der Waals surface area contributed by atoms with E-state index in [1.54, 1.807) is 7.11 Å². The molecule has 5 nitrogen and oxygen atoms in total. The molecule has 0 bridgehead atoms. The number of aliphatic hydroxyl groups excluding tert-OH is 1. The van der Waals surface area contributed by atoms with Crippen molar-refractivity contribution in [3.63, 3.8) is 0 Å². The van der Waals surface area contributed by atoms with Crippen LogP contribution in [0.3, 0.4) is 0 Å². The molecular formula is C21H24BrN3O2. The number of anilines is 1. The molecule has 0 aliphatic carbocycles. The van der Waals surface area contributed by atoms with Crippen molar-refractivity contribution in [3.05, 3.63) is 76.0 Å². The highest BCUT2D eigenvalue weighted by Gasteiger charge is 2.19. The van der Waals surface area contributed by atoms with Crippen LogP contribution in [0.15, 0.2) is 59.2 Å². The van der Waals surface area contributed by atoms with Crippen LogP contribution in [0.4, 0.5) is 5.95 Å². The first kappa shape index (κ1) is 19.5. The summed E-state index contributed by atoms with van der Waals surface area (Å²) in [6, 6.07) is 16.4. The molecule has 0 aliphatic rings. The number of methoxy groups -OCH3 is 1. The first-order valence-electron chi connectivity index (χ1n) is 8.92. The van der Waals surface area contributed by atoms with E-state index in [-0.39, 0.29) is 12.5 Å². The van der Waals surface area contributed by atoms with E-state index < -0.39 is 0 Å². The summed E-state index contributed by atoms with van der Waals surface area (Å²) in [5.41, 5.74) is 9.41. The lowest BCUT2D eigenvalue weighted by atomic mass is 9.89. The number of aromatic nitrogens is 2. The third-order valence-electron chi connectivity index (χ3n) is 4.61. The standard InChI is InChI=1S/C21H24BrN3O2/c1-27-18-9-5-16(6-10-18)19(13-15-3-7-17(22)8-4-15)20-14-25(11-2-12-26)21(23)24-20/h3-10,14,19,26H,2,11-13H2,1H3,(H2,23,24). The molecule has 0 radical (unpaired) electrons. The van der Waals surface area contributed by atoms with Crippen LogP contribution in [0.25, 0.3) is 0 Å². The van der Waals surface area contributed by atoms with Crippen molar-refractivity contribution in [2.24, 2.45) is 0 Å². The molecule has 2 aromatic carbocycles. The molecule has 6 heteroatoms. The Morgan fingerprint density at radius 1 is 1.15 bits per heavy atom. The molecule has 1 aromatic heterocycles. The number of aryl methyl sites for hydroxylation is 1. The van der Waals surface area contributed by atoms with Crippen molar-refractivity contribution in [2.75, 3.05) is 19.5 Å². The Balaban J connectivity index is 1.94. The summed E-state index contributed by atoms with van der Waals surface area (Å²) >= 11 is 3.49. The number of ether oxygens (including phenoxy) is 1. The second-order valence-electron chi connectivity index (χ2n) is 6.45. The highest BCUT2D eigenvalue weighted by molar-refractivity contribution is 9.10. The number of benzene rings is 2. The largest absolute Gasteiger partial charge is 0.497 e. The third kappa shape index (κ3) is 4.90. The Morgan fingerprint density at radius 2 is 1.85 bits per heavy atom. The average Bonchev–Trinajstić information content (AvgIpc) is 3.06. The van der Waals surface area contributed by atoms with Gasteiger partial charge in [0, 0.05) is 29.7 Å². The van der Waals surface area contributed by atoms with Gasteiger partial charge >= 0.3 is 0 Å². The van der Waals surface area contributed by atoms with Gasteiger partial charge in [-0.15, -0.1) is 0 Å². The first-order valence-corrected chi connectivity index (χ1v) is 9.72. The highest BCUT2D eigenvalue weighted by atomic mass is 79.9. The molecule has 0 amide bonds. The summed E-state index contributed by atoms with van der Waals surface area (Å²) in [6.07, 6.45) is 3.47. The van der Waals surface area contributed by atoms with Crippen LogP contribution in [-0.4, -0.2) is 28.4 Å². The summed E-state index contributed by atoms with van der Waals surface area (Å²) in [5.74, 6) is 1.39. The van der Waals surface area contributed by atoms with Crippen molar-refractivity contribution < 1.29 is 9.84 Å². The molecule has 3 aromatic rings. The summed E-state index contributed by atoms with van der Waals surface area (Å²) < 4.78 is 8.25. The molecule has 1 heterocycles. The third-order valence-corrected chi connectivity index (χ3v) is 5.14. The van der Waals surface area contributed by atoms with Crippen molar-refractivity contribution in [2.45, 2.75) is 25.3 Å². The molecule has 0 fully saturated rings. The van der Waals surface area contributed by atoms with E-state index >= 15 is 0 Å². The SMILES string of the molecule is COc1ccc(C(Cc2ccc(Br)cc2)c2cn(CCCO)c(N)n2)cc1. The monoisotopic (exact) mass is 429 g/mol. The average molecular weight is 430 g/mol. The van der Waals surface area contributed by atoms with Crippen molar-refractivity contribution in [3.8, 4) is 5.75 Å². The fourth-order valence-corrected chi connectivity index (χ4v) is 3.39. The van der Waals surface area contributed by atoms with Crippen LogP contribution in [0.1, 0.15) is 29.2 Å². The number of nitrogen functional groups attached to an aromatic ring is 1. The quantitative estimate of drug-likeness (QED) is 0.567. The molecule has 0 saturated heterocycles. The molecule has 3 rings (SSSR count). The number of imidazole rings is 1. The fraction of sp³-hybridized carbons (Fsp3) is 0.286. The number of hydrogen-bond donors (Lipinski definition) is 2. The number of nitrogens with two attached hydrogens (primary N) is 1. The van der Waals surface area contributed by atoms with Gasteiger partial charge in [-0.25, -0.2) is 4.98 Å². The van der Waals surface area contributed by atoms with E-state index in [9.17, 15) is 0 Å². The van der Waals surface area contributed by atoms with Gasteiger partial charge in [0.2, 0.25) is 0 Å². The first-order chi connectivity index (χ1) is 13.1. The van der Waals surface area contributed by atoms with E-state index in [0.29, 0.717) is 18.9 Å². The van der Waals surface area contributed by atoms with E-state index in [2.05, 4.69) is 57.3 Å². The van der Waals surface area contributed by atoms with E-state index in [1.807, 2.05) is 22.9 Å². The molecule has 0 aliphatic heterocycles. The molecule has 0 saturated carbocycles. The normalized spacial score (nSPS) is 12.1. The molecule has 1 atom stereocenters. The number of aliphatic hydroxyl groups is 1. The van der Waals surface area contributed by atoms with Gasteiger partial charge in [0.05, 0.1) is 12.8 Å². The smallest absolute Gasteiger partial charge is 0.200 e. The number of nitrogens with zero attached hydrogens (tertiary/aromatic N) is 2. The lowest BCUT2D eigenvalue weighted by Gasteiger charge is -2.16. The van der Waals surface area contributed by atoms with Crippen LogP contribution >= 0.6 is 15.9 Å². The maximum absolute atomic E-state index is 9.09. The minimum absolute atomic E-state index is 0.0785. The summed E-state index contributed by atoms with van der Waals surface area (Å²) in [6.45, 7) is 0.788. The van der Waals surface area contributed by atoms with Crippen molar-refractivity contribution in [1.82, 2.24) is 9.55 Å². The maximum atomic E-state index is 9.09. The van der Waals surface area contributed by atoms with Crippen LogP contribution in [0.2, 0.25) is 0 Å². The zero-order chi connectivity index (χ0) is 19.2. The molecule has 0 spiro atoms. The zero-order valence-corrected chi connectivity index (χ0v) is 16.9. The minimum Gasteiger partial charge on any atom is -0.497 e. The Hall–Kier alpha value is -2.31. The predicted octanol–water partition coefficient (Wildman–Crippen LogP) is 3.99. The Labute approximate surface area is 167 Å². The van der Waals surface area contributed by atoms with Gasteiger partial charge in [-0.05, 0) is 48.2 Å². The highest BCUT2D eigenvalue weighted by Crippen LogP contribution is 2.30. The number of hydrogen-bond acceptors (Lipinski definition) is 4. The van der Waals surface area contributed by atoms with Crippen LogP contribution < -0.4 is 10.5 Å². The molecule has 1 unspecified atom stereocenters. The summed E-state index contributed by atoms with van der Waals surface area (Å²) in [4.78, 5) is 4.62. The zero-order valence-electron chi connectivity index (χ0n) is 15.3. The van der Waals surface area contributed by atoms with E-state index in [1.165, 1.54) is 5.56 Å². The molecule has 3 N–H and O–H groups in total. The fourth-order valence-electron chi connectivity index (χ4n) is 3.12. The van der Waals surface area contributed by atoms with Gasteiger partial charge in [-0.1, -0.05) is 40.2 Å². The number of halogens is 1. The minimum atomic E-state index is 0.0785. The van der Waals surface area contributed by atoms with Gasteiger partial charge in [0.25, 0.3) is 0 Å². The van der Waals surface area contributed by atoms with Crippen molar-refractivity contribution >= 4 is 21.9 Å². The molecule has 142 valence electrons. The molecule has 27 heavy (non-hydrogen) atoms. The predicted molar refractivity (Wildman–Crippen MR) is 111 cm³/mol. The van der Waals surface area contributed by atoms with Crippen LogP contribution in [-0.2, 0) is 13.0 Å². The maximum Gasteiger partial charge on any atom is 0.200 e. The van der Waals surface area contributed by atoms with Crippen molar-refractivity contribution in [1.29, 1.82) is 0 Å². The lowest BCUT2D eigenvalue weighted by molar-refractivity contribution is 0.280. The Morgan fingerprint density at radius 3 is 2.48 bits per heavy atom. The summed E-state index contributed by atoms with van der Waals surface area (Å²) in [7, 11) is 1.66. The Kier molecular flexibility index (Phi) is 6.53. The van der Waals surface area contributed by atoms with Gasteiger partial charge in [-0.2, -0.15) is 0 Å². The Bertz CT molecular complexity index is 860. The number of rotatable bonds is 8.